The molecule has 1 aromatic heterocycles. The molecule has 1 saturated heterocycles. The van der Waals surface area contributed by atoms with Gasteiger partial charge in [0.05, 0.1) is 5.25 Å². The molecule has 1 aliphatic heterocycles. The van der Waals surface area contributed by atoms with E-state index in [0.717, 1.165) is 48.5 Å². The molecular weight excluding hydrogens is 320 g/mol. The van der Waals surface area contributed by atoms with Crippen molar-refractivity contribution in [1.82, 2.24) is 19.7 Å². The van der Waals surface area contributed by atoms with Gasteiger partial charge in [-0.25, -0.2) is 0 Å². The maximum atomic E-state index is 12.7. The third kappa shape index (κ3) is 3.64. The van der Waals surface area contributed by atoms with Gasteiger partial charge in [0.25, 0.3) is 0 Å². The maximum absolute atomic E-state index is 12.7. The van der Waals surface area contributed by atoms with E-state index in [1.165, 1.54) is 11.8 Å². The molecule has 2 heterocycles. The van der Waals surface area contributed by atoms with Crippen molar-refractivity contribution >= 4 is 17.7 Å². The van der Waals surface area contributed by atoms with E-state index in [1.807, 2.05) is 53.6 Å². The average molecular weight is 344 g/mol. The molecule has 1 fully saturated rings. The number of para-hydroxylation sites is 1. The molecule has 0 unspecified atom stereocenters. The second-order valence-electron chi connectivity index (χ2n) is 6.47. The monoisotopic (exact) mass is 344 g/mol. The third-order valence-electron chi connectivity index (χ3n) is 4.53. The first-order valence-corrected chi connectivity index (χ1v) is 9.37. The summed E-state index contributed by atoms with van der Waals surface area (Å²) >= 11 is 1.49. The predicted molar refractivity (Wildman–Crippen MR) is 96.4 cm³/mol. The molecule has 24 heavy (non-hydrogen) atoms. The number of hydrogen-bond acceptors (Lipinski definition) is 4. The highest BCUT2D eigenvalue weighted by Gasteiger charge is 2.26. The van der Waals surface area contributed by atoms with Gasteiger partial charge >= 0.3 is 0 Å². The molecule has 0 aliphatic carbocycles. The van der Waals surface area contributed by atoms with Gasteiger partial charge in [0.2, 0.25) is 5.91 Å². The van der Waals surface area contributed by atoms with Crippen LogP contribution in [0.15, 0.2) is 35.5 Å². The van der Waals surface area contributed by atoms with Crippen molar-refractivity contribution in [3.8, 4) is 5.69 Å². The van der Waals surface area contributed by atoms with Crippen LogP contribution < -0.4 is 0 Å². The lowest BCUT2D eigenvalue weighted by atomic mass is 9.99. The molecule has 5 nitrogen and oxygen atoms in total. The van der Waals surface area contributed by atoms with E-state index in [9.17, 15) is 4.79 Å². The Labute approximate surface area is 147 Å². The van der Waals surface area contributed by atoms with Gasteiger partial charge in [-0.2, -0.15) is 0 Å². The van der Waals surface area contributed by atoms with Crippen molar-refractivity contribution in [1.29, 1.82) is 0 Å². The van der Waals surface area contributed by atoms with Crippen molar-refractivity contribution in [2.45, 2.75) is 44.0 Å². The zero-order chi connectivity index (χ0) is 17.1. The minimum absolute atomic E-state index is 0.163. The highest BCUT2D eigenvalue weighted by atomic mass is 32.2. The van der Waals surface area contributed by atoms with E-state index in [-0.39, 0.29) is 11.2 Å². The second kappa shape index (κ2) is 7.38. The van der Waals surface area contributed by atoms with Crippen LogP contribution in [-0.2, 0) is 4.79 Å². The number of benzene rings is 1. The quantitative estimate of drug-likeness (QED) is 0.799. The lowest BCUT2D eigenvalue weighted by Crippen LogP contribution is -2.41. The number of carbonyl (C=O) groups is 1. The summed E-state index contributed by atoms with van der Waals surface area (Å²) in [6.07, 6.45) is 2.20. The van der Waals surface area contributed by atoms with Gasteiger partial charge in [-0.1, -0.05) is 36.9 Å². The van der Waals surface area contributed by atoms with Gasteiger partial charge in [0, 0.05) is 18.8 Å². The van der Waals surface area contributed by atoms with E-state index in [0.29, 0.717) is 0 Å². The van der Waals surface area contributed by atoms with Crippen LogP contribution in [0, 0.1) is 12.8 Å². The van der Waals surface area contributed by atoms with E-state index in [4.69, 9.17) is 0 Å². The molecule has 6 heteroatoms. The summed E-state index contributed by atoms with van der Waals surface area (Å²) in [6, 6.07) is 10.0. The Balaban J connectivity index is 1.73. The van der Waals surface area contributed by atoms with Crippen LogP contribution in [0.3, 0.4) is 0 Å². The lowest BCUT2D eigenvalue weighted by Gasteiger charge is -2.31. The summed E-state index contributed by atoms with van der Waals surface area (Å²) in [6.45, 7) is 7.89. The maximum Gasteiger partial charge on any atom is 0.235 e. The van der Waals surface area contributed by atoms with Crippen LogP contribution in [0.4, 0.5) is 0 Å². The number of likely N-dealkylation sites (tertiary alicyclic amines) is 1. The number of thioether (sulfide) groups is 1. The fraction of sp³-hybridized carbons (Fsp3) is 0.500. The number of aryl methyl sites for hydroxylation is 1. The van der Waals surface area contributed by atoms with Crippen LogP contribution >= 0.6 is 11.8 Å². The Kier molecular flexibility index (Phi) is 5.23. The van der Waals surface area contributed by atoms with E-state index in [1.54, 1.807) is 0 Å². The summed E-state index contributed by atoms with van der Waals surface area (Å²) in [5, 5.41) is 9.08. The molecule has 1 amide bonds. The summed E-state index contributed by atoms with van der Waals surface area (Å²) < 4.78 is 2.01. The van der Waals surface area contributed by atoms with E-state index < -0.39 is 0 Å². The molecule has 1 aliphatic rings. The Morgan fingerprint density at radius 2 is 1.88 bits per heavy atom. The summed E-state index contributed by atoms with van der Waals surface area (Å²) in [7, 11) is 0. The minimum atomic E-state index is -0.163. The molecule has 1 atom stereocenters. The molecule has 1 aromatic carbocycles. The zero-order valence-corrected chi connectivity index (χ0v) is 15.3. The highest BCUT2D eigenvalue weighted by Crippen LogP contribution is 2.27. The standard InChI is InChI=1S/C18H24N4OS/c1-13-9-11-21(12-10-13)17(23)14(2)24-18-20-19-15(3)22(18)16-7-5-4-6-8-16/h4-8,13-14H,9-12H2,1-3H3/t14-/m1/s1. The summed E-state index contributed by atoms with van der Waals surface area (Å²) in [4.78, 5) is 14.7. The number of aromatic nitrogens is 3. The largest absolute Gasteiger partial charge is 0.342 e. The molecule has 2 aromatic rings. The van der Waals surface area contributed by atoms with Crippen LogP contribution in [0.2, 0.25) is 0 Å². The molecule has 0 radical (unpaired) electrons. The zero-order valence-electron chi connectivity index (χ0n) is 14.5. The van der Waals surface area contributed by atoms with Crippen molar-refractivity contribution in [2.24, 2.45) is 5.92 Å². The highest BCUT2D eigenvalue weighted by molar-refractivity contribution is 8.00. The Bertz CT molecular complexity index is 692. The number of carbonyl (C=O) groups excluding carboxylic acids is 1. The van der Waals surface area contributed by atoms with Crippen LogP contribution in [0.1, 0.15) is 32.5 Å². The van der Waals surface area contributed by atoms with Crippen LogP contribution in [0.5, 0.6) is 0 Å². The topological polar surface area (TPSA) is 51.0 Å². The van der Waals surface area contributed by atoms with Crippen LogP contribution in [0.25, 0.3) is 5.69 Å². The van der Waals surface area contributed by atoms with Gasteiger partial charge in [-0.15, -0.1) is 10.2 Å². The average Bonchev–Trinajstić information content (AvgIpc) is 2.96. The van der Waals surface area contributed by atoms with Crippen LogP contribution in [-0.4, -0.2) is 43.9 Å². The van der Waals surface area contributed by atoms with Gasteiger partial charge in [-0.3, -0.25) is 9.36 Å². The molecular formula is C18H24N4OS. The number of amides is 1. The molecule has 128 valence electrons. The van der Waals surface area contributed by atoms with Gasteiger partial charge in [0.1, 0.15) is 5.82 Å². The van der Waals surface area contributed by atoms with Crippen molar-refractivity contribution in [2.75, 3.05) is 13.1 Å². The fourth-order valence-electron chi connectivity index (χ4n) is 2.99. The van der Waals surface area contributed by atoms with Gasteiger partial charge in [-0.05, 0) is 44.7 Å². The summed E-state index contributed by atoms with van der Waals surface area (Å²) in [5.74, 6) is 1.75. The number of hydrogen-bond donors (Lipinski definition) is 0. The van der Waals surface area contributed by atoms with E-state index in [2.05, 4.69) is 17.1 Å². The summed E-state index contributed by atoms with van der Waals surface area (Å²) in [5.41, 5.74) is 1.02. The first-order valence-electron chi connectivity index (χ1n) is 8.49. The van der Waals surface area contributed by atoms with Gasteiger partial charge in [0.15, 0.2) is 5.16 Å². The van der Waals surface area contributed by atoms with Crippen molar-refractivity contribution in [3.05, 3.63) is 36.2 Å². The minimum Gasteiger partial charge on any atom is -0.342 e. The normalized spacial score (nSPS) is 17.0. The molecule has 3 rings (SSSR count). The Hall–Kier alpha value is -1.82. The SMILES string of the molecule is Cc1nnc(S[C@H](C)C(=O)N2CCC(C)CC2)n1-c1ccccc1. The molecule has 0 N–H and O–H groups in total. The molecule has 0 saturated carbocycles. The second-order valence-corrected chi connectivity index (χ2v) is 7.78. The molecule has 0 bridgehead atoms. The van der Waals surface area contributed by atoms with Gasteiger partial charge < -0.3 is 4.90 Å². The predicted octanol–water partition coefficient (Wildman–Crippen LogP) is 3.31. The first kappa shape index (κ1) is 17.0. The van der Waals surface area contributed by atoms with E-state index >= 15 is 0 Å². The number of rotatable bonds is 4. The fourth-order valence-corrected chi connectivity index (χ4v) is 3.99. The smallest absolute Gasteiger partial charge is 0.235 e. The Morgan fingerprint density at radius 3 is 2.54 bits per heavy atom. The lowest BCUT2D eigenvalue weighted by molar-refractivity contribution is -0.131. The first-order chi connectivity index (χ1) is 11.6. The van der Waals surface area contributed by atoms with Crippen molar-refractivity contribution < 1.29 is 4.79 Å². The van der Waals surface area contributed by atoms with Crippen molar-refractivity contribution in [3.63, 3.8) is 0 Å². The molecule has 0 spiro atoms. The number of nitrogens with zero attached hydrogens (tertiary/aromatic N) is 4. The Morgan fingerprint density at radius 1 is 1.21 bits per heavy atom. The third-order valence-corrected chi connectivity index (χ3v) is 5.57. The number of piperidine rings is 1.